The van der Waals surface area contributed by atoms with Crippen LogP contribution in [0.25, 0.3) is 10.8 Å². The highest BCUT2D eigenvalue weighted by Crippen LogP contribution is 2.36. The van der Waals surface area contributed by atoms with E-state index in [0.717, 1.165) is 48.4 Å². The molecule has 3 aromatic rings. The molecule has 2 bridgehead atoms. The van der Waals surface area contributed by atoms with E-state index in [1.54, 1.807) is 17.4 Å². The standard InChI is InChI=1S/C21H23N3O2S/c1-13-6-7-19(27-13)21-22-17(14(2)26-21)12-23-9-15-8-16(11-23)18-4-3-5-20(25)24(18)10-15/h3-7,15-16H,8-12H2,1-2H3/t15-,16-/m0/s1. The summed E-state index contributed by atoms with van der Waals surface area (Å²) < 4.78 is 7.93. The number of thiophene rings is 1. The summed E-state index contributed by atoms with van der Waals surface area (Å²) in [5.74, 6) is 2.60. The Bertz CT molecular complexity index is 1050. The highest BCUT2D eigenvalue weighted by molar-refractivity contribution is 7.15. The summed E-state index contributed by atoms with van der Waals surface area (Å²) in [5.41, 5.74) is 2.36. The van der Waals surface area contributed by atoms with Gasteiger partial charge in [-0.1, -0.05) is 6.07 Å². The van der Waals surface area contributed by atoms with Gasteiger partial charge in [-0.3, -0.25) is 9.69 Å². The topological polar surface area (TPSA) is 51.3 Å². The number of hydrogen-bond acceptors (Lipinski definition) is 5. The molecule has 6 heteroatoms. The van der Waals surface area contributed by atoms with Gasteiger partial charge in [-0.2, -0.15) is 0 Å². The predicted octanol–water partition coefficient (Wildman–Crippen LogP) is 3.80. The number of rotatable bonds is 3. The normalized spacial score (nSPS) is 22.0. The van der Waals surface area contributed by atoms with Crippen LogP contribution in [0.15, 0.2) is 39.5 Å². The number of piperidine rings is 1. The minimum Gasteiger partial charge on any atom is -0.440 e. The number of fused-ring (bicyclic) bond motifs is 4. The van der Waals surface area contributed by atoms with Crippen molar-refractivity contribution < 1.29 is 4.42 Å². The maximum absolute atomic E-state index is 12.2. The molecule has 2 atom stereocenters. The molecule has 5 heterocycles. The lowest BCUT2D eigenvalue weighted by molar-refractivity contribution is 0.113. The van der Waals surface area contributed by atoms with Gasteiger partial charge in [0, 0.05) is 48.7 Å². The zero-order chi connectivity index (χ0) is 18.5. The van der Waals surface area contributed by atoms with Gasteiger partial charge in [-0.15, -0.1) is 11.3 Å². The number of nitrogens with zero attached hydrogens (tertiary/aromatic N) is 3. The molecule has 2 aliphatic rings. The Morgan fingerprint density at radius 3 is 2.89 bits per heavy atom. The van der Waals surface area contributed by atoms with E-state index in [4.69, 9.17) is 9.40 Å². The fourth-order valence-electron chi connectivity index (χ4n) is 4.57. The quantitative estimate of drug-likeness (QED) is 0.692. The van der Waals surface area contributed by atoms with Gasteiger partial charge in [0.05, 0.1) is 10.6 Å². The third kappa shape index (κ3) is 3.07. The van der Waals surface area contributed by atoms with Gasteiger partial charge in [0.2, 0.25) is 5.89 Å². The molecule has 140 valence electrons. The summed E-state index contributed by atoms with van der Waals surface area (Å²) >= 11 is 1.71. The zero-order valence-corrected chi connectivity index (χ0v) is 16.5. The van der Waals surface area contributed by atoms with E-state index in [9.17, 15) is 4.79 Å². The molecule has 0 N–H and O–H groups in total. The summed E-state index contributed by atoms with van der Waals surface area (Å²) in [6.07, 6.45) is 1.18. The molecule has 3 aromatic heterocycles. The molecule has 0 unspecified atom stereocenters. The maximum Gasteiger partial charge on any atom is 0.250 e. The van der Waals surface area contributed by atoms with Gasteiger partial charge < -0.3 is 8.98 Å². The number of likely N-dealkylation sites (tertiary alicyclic amines) is 1. The highest BCUT2D eigenvalue weighted by Gasteiger charge is 2.34. The first-order valence-corrected chi connectivity index (χ1v) is 10.3. The second-order valence-corrected chi connectivity index (χ2v) is 9.11. The fraction of sp³-hybridized carbons (Fsp3) is 0.429. The van der Waals surface area contributed by atoms with Gasteiger partial charge in [-0.05, 0) is 44.4 Å². The lowest BCUT2D eigenvalue weighted by Gasteiger charge is -2.42. The Morgan fingerprint density at radius 2 is 2.07 bits per heavy atom. The van der Waals surface area contributed by atoms with E-state index in [2.05, 4.69) is 30.0 Å². The summed E-state index contributed by atoms with van der Waals surface area (Å²) in [6, 6.07) is 9.86. The van der Waals surface area contributed by atoms with Crippen molar-refractivity contribution >= 4 is 11.3 Å². The minimum atomic E-state index is 0.138. The molecule has 1 fully saturated rings. The molecule has 0 aliphatic carbocycles. The minimum absolute atomic E-state index is 0.138. The SMILES string of the molecule is Cc1ccc(-c2nc(CN3C[C@@H]4C[C@@H](C3)c3cccc(=O)n3C4)c(C)o2)s1. The van der Waals surface area contributed by atoms with E-state index in [1.807, 2.05) is 17.6 Å². The van der Waals surface area contributed by atoms with Crippen molar-refractivity contribution in [2.45, 2.75) is 39.3 Å². The Morgan fingerprint density at radius 1 is 1.19 bits per heavy atom. The fourth-order valence-corrected chi connectivity index (χ4v) is 5.36. The van der Waals surface area contributed by atoms with E-state index in [0.29, 0.717) is 11.8 Å². The van der Waals surface area contributed by atoms with Crippen molar-refractivity contribution in [2.75, 3.05) is 13.1 Å². The summed E-state index contributed by atoms with van der Waals surface area (Å²) in [4.78, 5) is 21.8. The lowest BCUT2D eigenvalue weighted by atomic mass is 9.83. The Hall–Kier alpha value is -2.18. The number of aromatic nitrogens is 2. The largest absolute Gasteiger partial charge is 0.440 e. The smallest absolute Gasteiger partial charge is 0.250 e. The van der Waals surface area contributed by atoms with Gasteiger partial charge in [0.15, 0.2) is 0 Å². The van der Waals surface area contributed by atoms with Crippen LogP contribution in [0.4, 0.5) is 0 Å². The highest BCUT2D eigenvalue weighted by atomic mass is 32.1. The molecule has 1 saturated heterocycles. The molecule has 5 nitrogen and oxygen atoms in total. The van der Waals surface area contributed by atoms with Crippen LogP contribution in [0.1, 0.15) is 34.4 Å². The molecule has 0 saturated carbocycles. The molecule has 5 rings (SSSR count). The van der Waals surface area contributed by atoms with Gasteiger partial charge in [-0.25, -0.2) is 4.98 Å². The number of aryl methyl sites for hydroxylation is 2. The van der Waals surface area contributed by atoms with Crippen LogP contribution in [0.2, 0.25) is 0 Å². The van der Waals surface area contributed by atoms with E-state index >= 15 is 0 Å². The van der Waals surface area contributed by atoms with E-state index in [1.165, 1.54) is 17.0 Å². The molecule has 0 radical (unpaired) electrons. The Kier molecular flexibility index (Phi) is 4.06. The summed E-state index contributed by atoms with van der Waals surface area (Å²) in [7, 11) is 0. The maximum atomic E-state index is 12.2. The van der Waals surface area contributed by atoms with Gasteiger partial charge >= 0.3 is 0 Å². The number of hydrogen-bond donors (Lipinski definition) is 0. The van der Waals surface area contributed by atoms with Crippen LogP contribution in [-0.4, -0.2) is 27.5 Å². The first-order valence-electron chi connectivity index (χ1n) is 9.52. The first-order chi connectivity index (χ1) is 13.1. The van der Waals surface area contributed by atoms with Gasteiger partial charge in [0.25, 0.3) is 5.56 Å². The third-order valence-corrected chi connectivity index (χ3v) is 6.76. The van der Waals surface area contributed by atoms with Crippen LogP contribution < -0.4 is 5.56 Å². The molecule has 27 heavy (non-hydrogen) atoms. The van der Waals surface area contributed by atoms with Crippen molar-refractivity contribution in [3.05, 3.63) is 62.7 Å². The molecule has 0 aromatic carbocycles. The van der Waals surface area contributed by atoms with Crippen molar-refractivity contribution in [3.8, 4) is 10.8 Å². The van der Waals surface area contributed by atoms with Crippen molar-refractivity contribution in [2.24, 2.45) is 5.92 Å². The number of oxazole rings is 1. The second-order valence-electron chi connectivity index (χ2n) is 7.82. The average Bonchev–Trinajstić information content (AvgIpc) is 3.22. The van der Waals surface area contributed by atoms with Crippen molar-refractivity contribution in [1.29, 1.82) is 0 Å². The van der Waals surface area contributed by atoms with Crippen LogP contribution in [0, 0.1) is 19.8 Å². The first kappa shape index (κ1) is 17.0. The van der Waals surface area contributed by atoms with Gasteiger partial charge in [0.1, 0.15) is 5.76 Å². The van der Waals surface area contributed by atoms with E-state index < -0.39 is 0 Å². The monoisotopic (exact) mass is 381 g/mol. The number of pyridine rings is 1. The predicted molar refractivity (Wildman–Crippen MR) is 106 cm³/mol. The molecule has 0 spiro atoms. The second kappa shape index (κ2) is 6.46. The third-order valence-electron chi connectivity index (χ3n) is 5.77. The van der Waals surface area contributed by atoms with E-state index in [-0.39, 0.29) is 5.56 Å². The van der Waals surface area contributed by atoms with Crippen LogP contribution in [-0.2, 0) is 13.1 Å². The summed E-state index contributed by atoms with van der Waals surface area (Å²) in [6.45, 7) is 7.73. The van der Waals surface area contributed by atoms with Crippen LogP contribution >= 0.6 is 11.3 Å². The lowest BCUT2D eigenvalue weighted by Crippen LogP contribution is -2.46. The van der Waals surface area contributed by atoms with Crippen LogP contribution in [0.5, 0.6) is 0 Å². The van der Waals surface area contributed by atoms with Crippen molar-refractivity contribution in [1.82, 2.24) is 14.5 Å². The van der Waals surface area contributed by atoms with Crippen LogP contribution in [0.3, 0.4) is 0 Å². The Balaban J connectivity index is 1.37. The molecule has 2 aliphatic heterocycles. The van der Waals surface area contributed by atoms with Crippen molar-refractivity contribution in [3.63, 3.8) is 0 Å². The molecular weight excluding hydrogens is 358 g/mol. The molecular formula is C21H23N3O2S. The zero-order valence-electron chi connectivity index (χ0n) is 15.6. The Labute approximate surface area is 162 Å². The molecule has 0 amide bonds. The average molecular weight is 382 g/mol. The summed E-state index contributed by atoms with van der Waals surface area (Å²) in [5, 5.41) is 0.